The third-order valence-corrected chi connectivity index (χ3v) is 6.86. The lowest BCUT2D eigenvalue weighted by Gasteiger charge is -2.42. The van der Waals surface area contributed by atoms with E-state index in [2.05, 4.69) is 5.32 Å². The average Bonchev–Trinajstić information content (AvgIpc) is 3.01. The van der Waals surface area contributed by atoms with E-state index in [1.807, 2.05) is 121 Å². The number of piperidine rings is 1. The second kappa shape index (κ2) is 14.5. The van der Waals surface area contributed by atoms with Gasteiger partial charge >= 0.3 is 0 Å². The lowest BCUT2D eigenvalue weighted by Crippen LogP contribution is -2.66. The van der Waals surface area contributed by atoms with Crippen LogP contribution < -0.4 is 5.32 Å². The zero-order valence-corrected chi connectivity index (χ0v) is 22.4. The molecule has 4 atom stereocenters. The van der Waals surface area contributed by atoms with Gasteiger partial charge in [0.2, 0.25) is 0 Å². The molecule has 40 heavy (non-hydrogen) atoms. The Hall–Kier alpha value is -3.81. The molecule has 0 aliphatic carbocycles. The predicted octanol–water partition coefficient (Wildman–Crippen LogP) is 5.46. The van der Waals surface area contributed by atoms with Gasteiger partial charge in [0.05, 0.1) is 39.1 Å². The highest BCUT2D eigenvalue weighted by molar-refractivity contribution is 5.83. The van der Waals surface area contributed by atoms with Gasteiger partial charge in [-0.05, 0) is 22.3 Å². The summed E-state index contributed by atoms with van der Waals surface area (Å²) in [5.41, 5.74) is 4.08. The highest BCUT2D eigenvalue weighted by Gasteiger charge is 2.46. The number of rotatable bonds is 13. The van der Waals surface area contributed by atoms with Crippen LogP contribution in [0.2, 0.25) is 0 Å². The maximum atomic E-state index is 13.5. The lowest BCUT2D eigenvalue weighted by atomic mass is 9.94. The first kappa shape index (κ1) is 27.7. The van der Waals surface area contributed by atoms with E-state index in [1.165, 1.54) is 0 Å². The van der Waals surface area contributed by atoms with E-state index in [0.29, 0.717) is 19.8 Å². The minimum atomic E-state index is -0.852. The van der Waals surface area contributed by atoms with Crippen molar-refractivity contribution in [1.82, 2.24) is 5.32 Å². The molecule has 1 heterocycles. The van der Waals surface area contributed by atoms with Crippen LogP contribution in [0.4, 0.5) is 0 Å². The summed E-state index contributed by atoms with van der Waals surface area (Å²) >= 11 is 0. The Kier molecular flexibility index (Phi) is 10.1. The van der Waals surface area contributed by atoms with Crippen molar-refractivity contribution in [1.29, 1.82) is 0 Å². The van der Waals surface area contributed by atoms with Crippen LogP contribution in [0.1, 0.15) is 22.3 Å². The number of carbonyl (C=O) groups is 1. The molecule has 1 amide bonds. The molecule has 4 aromatic carbocycles. The molecular weight excluding hydrogens is 502 g/mol. The van der Waals surface area contributed by atoms with Gasteiger partial charge in [0.25, 0.3) is 5.91 Å². The second-order valence-corrected chi connectivity index (χ2v) is 9.86. The predicted molar refractivity (Wildman–Crippen MR) is 153 cm³/mol. The smallest absolute Gasteiger partial charge is 0.252 e. The molecule has 0 bridgehead atoms. The quantitative estimate of drug-likeness (QED) is 0.245. The summed E-state index contributed by atoms with van der Waals surface area (Å²) < 4.78 is 25.3. The maximum Gasteiger partial charge on any atom is 0.252 e. The van der Waals surface area contributed by atoms with E-state index in [4.69, 9.17) is 18.9 Å². The van der Waals surface area contributed by atoms with Gasteiger partial charge in [0.15, 0.2) is 6.10 Å². The standard InChI is InChI=1S/C34H35NO5/c36-34-33(40-24-29-19-11-4-12-20-29)32(39-23-28-17-9-3-10-18-28)31(38-22-27-15-7-2-8-16-27)30(35-34)25-37-21-26-13-5-1-6-14-26/h1-20,30-33H,21-25H2,(H,35,36)/t30-,31+,32+,33-/m1/s1. The van der Waals surface area contributed by atoms with Gasteiger partial charge in [-0.2, -0.15) is 0 Å². The summed E-state index contributed by atoms with van der Waals surface area (Å²) in [5.74, 6) is -0.234. The molecule has 0 aromatic heterocycles. The topological polar surface area (TPSA) is 66.0 Å². The van der Waals surface area contributed by atoms with Gasteiger partial charge < -0.3 is 24.3 Å². The van der Waals surface area contributed by atoms with Crippen molar-refractivity contribution < 1.29 is 23.7 Å². The fourth-order valence-corrected chi connectivity index (χ4v) is 4.77. The SMILES string of the molecule is O=C1N[C@H](COCc2ccccc2)[C@H](OCc2ccccc2)[C@H](OCc2ccccc2)[C@H]1OCc1ccccc1. The lowest BCUT2D eigenvalue weighted by molar-refractivity contribution is -0.191. The Bertz CT molecular complexity index is 1290. The first-order valence-corrected chi connectivity index (χ1v) is 13.6. The van der Waals surface area contributed by atoms with E-state index >= 15 is 0 Å². The van der Waals surface area contributed by atoms with E-state index in [0.717, 1.165) is 22.3 Å². The van der Waals surface area contributed by atoms with Crippen LogP contribution in [0.15, 0.2) is 121 Å². The van der Waals surface area contributed by atoms with E-state index < -0.39 is 24.4 Å². The van der Waals surface area contributed by atoms with Gasteiger partial charge in [0, 0.05) is 0 Å². The van der Waals surface area contributed by atoms with Gasteiger partial charge in [0.1, 0.15) is 12.2 Å². The van der Waals surface area contributed by atoms with Gasteiger partial charge in [-0.15, -0.1) is 0 Å². The Labute approximate surface area is 235 Å². The third kappa shape index (κ3) is 7.87. The first-order valence-electron chi connectivity index (χ1n) is 13.6. The zero-order chi connectivity index (χ0) is 27.4. The first-order chi connectivity index (χ1) is 19.8. The Morgan fingerprint density at radius 3 is 1.38 bits per heavy atom. The highest BCUT2D eigenvalue weighted by atomic mass is 16.6. The molecule has 0 radical (unpaired) electrons. The van der Waals surface area contributed by atoms with E-state index in [9.17, 15) is 4.79 Å². The molecule has 6 heteroatoms. The van der Waals surface area contributed by atoms with Crippen molar-refractivity contribution in [3.63, 3.8) is 0 Å². The summed E-state index contributed by atoms with van der Waals surface area (Å²) in [6, 6.07) is 39.3. The third-order valence-electron chi connectivity index (χ3n) is 6.86. The fourth-order valence-electron chi connectivity index (χ4n) is 4.77. The van der Waals surface area contributed by atoms with Gasteiger partial charge in [-0.3, -0.25) is 4.79 Å². The van der Waals surface area contributed by atoms with Gasteiger partial charge in [-0.25, -0.2) is 0 Å². The minimum absolute atomic E-state index is 0.234. The van der Waals surface area contributed by atoms with E-state index in [1.54, 1.807) is 0 Å². The Balaban J connectivity index is 1.36. The van der Waals surface area contributed by atoms with Crippen LogP contribution in [0.3, 0.4) is 0 Å². The zero-order valence-electron chi connectivity index (χ0n) is 22.4. The summed E-state index contributed by atoms with van der Waals surface area (Å²) in [6.07, 6.45) is -2.00. The van der Waals surface area contributed by atoms with Gasteiger partial charge in [-0.1, -0.05) is 121 Å². The largest absolute Gasteiger partial charge is 0.375 e. The fraction of sp³-hybridized carbons (Fsp3) is 0.265. The highest BCUT2D eigenvalue weighted by Crippen LogP contribution is 2.25. The number of amides is 1. The number of hydrogen-bond donors (Lipinski definition) is 1. The molecule has 5 rings (SSSR count). The molecule has 206 valence electrons. The molecule has 1 saturated heterocycles. The molecule has 6 nitrogen and oxygen atoms in total. The second-order valence-electron chi connectivity index (χ2n) is 9.86. The molecule has 1 aliphatic rings. The number of hydrogen-bond acceptors (Lipinski definition) is 5. The van der Waals surface area contributed by atoms with Crippen LogP contribution in [0.25, 0.3) is 0 Å². The summed E-state index contributed by atoms with van der Waals surface area (Å²) in [5, 5.41) is 3.11. The van der Waals surface area contributed by atoms with Crippen LogP contribution in [-0.4, -0.2) is 36.9 Å². The van der Waals surface area contributed by atoms with Crippen LogP contribution in [0, 0.1) is 0 Å². The maximum absolute atomic E-state index is 13.5. The molecule has 1 N–H and O–H groups in total. The Morgan fingerprint density at radius 1 is 0.500 bits per heavy atom. The monoisotopic (exact) mass is 537 g/mol. The number of benzene rings is 4. The average molecular weight is 538 g/mol. The van der Waals surface area contributed by atoms with Crippen LogP contribution in [0.5, 0.6) is 0 Å². The summed E-state index contributed by atoms with van der Waals surface area (Å²) in [7, 11) is 0. The number of ether oxygens (including phenoxy) is 4. The van der Waals surface area contributed by atoms with Crippen molar-refractivity contribution in [3.05, 3.63) is 144 Å². The van der Waals surface area contributed by atoms with Crippen molar-refractivity contribution in [2.45, 2.75) is 50.8 Å². The van der Waals surface area contributed by atoms with Crippen LogP contribution in [-0.2, 0) is 50.2 Å². The molecule has 0 saturated carbocycles. The van der Waals surface area contributed by atoms with Crippen molar-refractivity contribution in [2.75, 3.05) is 6.61 Å². The van der Waals surface area contributed by atoms with Crippen LogP contribution >= 0.6 is 0 Å². The molecule has 0 unspecified atom stereocenters. The number of nitrogens with one attached hydrogen (secondary N) is 1. The minimum Gasteiger partial charge on any atom is -0.375 e. The number of carbonyl (C=O) groups excluding carboxylic acids is 1. The molecule has 1 fully saturated rings. The Morgan fingerprint density at radius 2 is 0.900 bits per heavy atom. The summed E-state index contributed by atoms with van der Waals surface area (Å²) in [6.45, 7) is 1.68. The molecular formula is C34H35NO5. The molecule has 0 spiro atoms. The van der Waals surface area contributed by atoms with Crippen molar-refractivity contribution >= 4 is 5.91 Å². The molecule has 1 aliphatic heterocycles. The summed E-state index contributed by atoms with van der Waals surface area (Å²) in [4.78, 5) is 13.5. The molecule has 4 aromatic rings. The van der Waals surface area contributed by atoms with E-state index in [-0.39, 0.29) is 19.1 Å². The van der Waals surface area contributed by atoms with Crippen molar-refractivity contribution in [3.8, 4) is 0 Å². The van der Waals surface area contributed by atoms with Crippen molar-refractivity contribution in [2.24, 2.45) is 0 Å². The normalized spacial score (nSPS) is 20.6.